The van der Waals surface area contributed by atoms with Gasteiger partial charge in [-0.15, -0.1) is 0 Å². The lowest BCUT2D eigenvalue weighted by atomic mass is 10.0. The van der Waals surface area contributed by atoms with Crippen LogP contribution in [-0.2, 0) is 0 Å². The topological polar surface area (TPSA) is 42.0 Å². The molecule has 106 valence electrons. The Balaban J connectivity index is 2.71. The van der Waals surface area contributed by atoms with E-state index in [4.69, 9.17) is 34.8 Å². The average molecular weight is 324 g/mol. The highest BCUT2D eigenvalue weighted by Gasteiger charge is 2.18. The normalized spacial score (nSPS) is 12.6. The molecule has 1 aromatic rings. The number of halogens is 3. The molecule has 1 N–H and O–H groups in total. The molecular weight excluding hydrogens is 307 g/mol. The van der Waals surface area contributed by atoms with E-state index >= 15 is 0 Å². The van der Waals surface area contributed by atoms with Crippen molar-refractivity contribution in [2.45, 2.75) is 39.7 Å². The molecule has 1 heterocycles. The molecule has 0 bridgehead atoms. The lowest BCUT2D eigenvalue weighted by molar-refractivity contribution is 0.0932. The van der Waals surface area contributed by atoms with Gasteiger partial charge in [0.15, 0.2) is 0 Å². The Labute approximate surface area is 128 Å². The van der Waals surface area contributed by atoms with E-state index < -0.39 is 0 Å². The largest absolute Gasteiger partial charge is 0.348 e. The van der Waals surface area contributed by atoms with Crippen molar-refractivity contribution >= 4 is 40.7 Å². The molecule has 0 saturated heterocycles. The maximum absolute atomic E-state index is 12.0. The van der Waals surface area contributed by atoms with Crippen molar-refractivity contribution in [3.8, 4) is 0 Å². The van der Waals surface area contributed by atoms with Crippen LogP contribution in [0.2, 0.25) is 15.1 Å². The van der Waals surface area contributed by atoms with Gasteiger partial charge in [0.2, 0.25) is 0 Å². The number of carbonyl (C=O) groups is 1. The first-order valence-electron chi connectivity index (χ1n) is 6.13. The molecule has 0 fully saturated rings. The van der Waals surface area contributed by atoms with Crippen LogP contribution >= 0.6 is 34.8 Å². The molecule has 3 nitrogen and oxygen atoms in total. The predicted molar refractivity (Wildman–Crippen MR) is 80.3 cm³/mol. The summed E-state index contributed by atoms with van der Waals surface area (Å²) < 4.78 is 0. The molecule has 1 rings (SSSR count). The first-order valence-corrected chi connectivity index (χ1v) is 7.26. The van der Waals surface area contributed by atoms with Gasteiger partial charge in [-0.1, -0.05) is 48.7 Å². The third-order valence-electron chi connectivity index (χ3n) is 2.69. The minimum atomic E-state index is -0.333. The molecule has 0 spiro atoms. The van der Waals surface area contributed by atoms with Crippen molar-refractivity contribution in [3.63, 3.8) is 0 Å². The van der Waals surface area contributed by atoms with Gasteiger partial charge in [-0.3, -0.25) is 4.79 Å². The van der Waals surface area contributed by atoms with Crippen LogP contribution in [0.4, 0.5) is 0 Å². The molecule has 0 aliphatic rings. The van der Waals surface area contributed by atoms with Gasteiger partial charge in [0.1, 0.15) is 5.69 Å². The van der Waals surface area contributed by atoms with Gasteiger partial charge < -0.3 is 5.32 Å². The number of amides is 1. The SMILES string of the molecule is CC(C)CCC(C)NC(=O)c1ncc(Cl)c(Cl)c1Cl. The highest BCUT2D eigenvalue weighted by Crippen LogP contribution is 2.31. The maximum atomic E-state index is 12.0. The molecule has 0 radical (unpaired) electrons. The first kappa shape index (κ1) is 16.5. The summed E-state index contributed by atoms with van der Waals surface area (Å²) in [6.45, 7) is 6.24. The molecule has 1 amide bonds. The molecule has 1 unspecified atom stereocenters. The Hall–Kier alpha value is -0.510. The van der Waals surface area contributed by atoms with Crippen LogP contribution in [0.15, 0.2) is 6.20 Å². The number of carbonyl (C=O) groups excluding carboxylic acids is 1. The van der Waals surface area contributed by atoms with E-state index in [-0.39, 0.29) is 32.7 Å². The zero-order chi connectivity index (χ0) is 14.6. The number of aromatic nitrogens is 1. The summed E-state index contributed by atoms with van der Waals surface area (Å²) in [4.78, 5) is 16.0. The predicted octanol–water partition coefficient (Wildman–Crippen LogP) is 4.60. The molecule has 0 aliphatic heterocycles. The number of pyridine rings is 1. The number of hydrogen-bond donors (Lipinski definition) is 1. The van der Waals surface area contributed by atoms with Crippen LogP contribution in [0.25, 0.3) is 0 Å². The van der Waals surface area contributed by atoms with Crippen LogP contribution in [-0.4, -0.2) is 16.9 Å². The number of nitrogens with one attached hydrogen (secondary N) is 1. The lowest BCUT2D eigenvalue weighted by Crippen LogP contribution is -2.33. The van der Waals surface area contributed by atoms with Gasteiger partial charge in [-0.25, -0.2) is 4.98 Å². The Morgan fingerprint density at radius 2 is 1.84 bits per heavy atom. The molecule has 0 aromatic carbocycles. The quantitative estimate of drug-likeness (QED) is 0.860. The number of rotatable bonds is 5. The summed E-state index contributed by atoms with van der Waals surface area (Å²) in [5, 5.41) is 3.32. The zero-order valence-electron chi connectivity index (χ0n) is 11.1. The van der Waals surface area contributed by atoms with E-state index in [0.29, 0.717) is 5.92 Å². The second-order valence-electron chi connectivity index (χ2n) is 4.93. The summed E-state index contributed by atoms with van der Waals surface area (Å²) in [7, 11) is 0. The fraction of sp³-hybridized carbons (Fsp3) is 0.538. The van der Waals surface area contributed by atoms with E-state index in [2.05, 4.69) is 24.1 Å². The van der Waals surface area contributed by atoms with Crippen molar-refractivity contribution in [1.82, 2.24) is 10.3 Å². The van der Waals surface area contributed by atoms with Crippen LogP contribution in [0.1, 0.15) is 44.1 Å². The molecule has 1 atom stereocenters. The van der Waals surface area contributed by atoms with Crippen LogP contribution in [0.5, 0.6) is 0 Å². The van der Waals surface area contributed by atoms with Gasteiger partial charge >= 0.3 is 0 Å². The van der Waals surface area contributed by atoms with E-state index in [1.165, 1.54) is 6.20 Å². The molecule has 0 aliphatic carbocycles. The van der Waals surface area contributed by atoms with Crippen molar-refractivity contribution in [3.05, 3.63) is 27.0 Å². The highest BCUT2D eigenvalue weighted by molar-refractivity contribution is 6.48. The third-order valence-corrected chi connectivity index (χ3v) is 3.93. The van der Waals surface area contributed by atoms with Crippen LogP contribution in [0, 0.1) is 5.92 Å². The van der Waals surface area contributed by atoms with Gasteiger partial charge in [0.25, 0.3) is 5.91 Å². The fourth-order valence-electron chi connectivity index (χ4n) is 1.55. The summed E-state index contributed by atoms with van der Waals surface area (Å²) in [5.74, 6) is 0.269. The Bertz CT molecular complexity index is 463. The van der Waals surface area contributed by atoms with E-state index in [1.54, 1.807) is 0 Å². The Kier molecular flexibility index (Phi) is 6.37. The van der Waals surface area contributed by atoms with Gasteiger partial charge in [0.05, 0.1) is 15.1 Å². The molecule has 19 heavy (non-hydrogen) atoms. The number of hydrogen-bond acceptors (Lipinski definition) is 2. The van der Waals surface area contributed by atoms with Gasteiger partial charge in [-0.2, -0.15) is 0 Å². The van der Waals surface area contributed by atoms with Crippen molar-refractivity contribution in [1.29, 1.82) is 0 Å². The minimum absolute atomic E-state index is 0.0576. The summed E-state index contributed by atoms with van der Waals surface area (Å²) in [6, 6.07) is 0.0576. The summed E-state index contributed by atoms with van der Waals surface area (Å²) >= 11 is 17.6. The van der Waals surface area contributed by atoms with E-state index in [0.717, 1.165) is 12.8 Å². The van der Waals surface area contributed by atoms with Gasteiger partial charge in [0, 0.05) is 12.2 Å². The maximum Gasteiger partial charge on any atom is 0.271 e. The zero-order valence-corrected chi connectivity index (χ0v) is 13.4. The molecule has 6 heteroatoms. The lowest BCUT2D eigenvalue weighted by Gasteiger charge is -2.15. The van der Waals surface area contributed by atoms with Crippen LogP contribution < -0.4 is 5.32 Å². The fourth-order valence-corrected chi connectivity index (χ4v) is 2.12. The molecular formula is C13H17Cl3N2O. The smallest absolute Gasteiger partial charge is 0.271 e. The van der Waals surface area contributed by atoms with Crippen molar-refractivity contribution in [2.24, 2.45) is 5.92 Å². The van der Waals surface area contributed by atoms with E-state index in [1.807, 2.05) is 6.92 Å². The van der Waals surface area contributed by atoms with E-state index in [9.17, 15) is 4.79 Å². The standard InChI is InChI=1S/C13H17Cl3N2O/c1-7(2)4-5-8(3)18-13(19)12-11(16)10(15)9(14)6-17-12/h6-8H,4-5H2,1-3H3,(H,18,19). The monoisotopic (exact) mass is 322 g/mol. The van der Waals surface area contributed by atoms with Crippen LogP contribution in [0.3, 0.4) is 0 Å². The average Bonchev–Trinajstić information content (AvgIpc) is 2.33. The number of nitrogens with zero attached hydrogens (tertiary/aromatic N) is 1. The third kappa shape index (κ3) is 4.83. The van der Waals surface area contributed by atoms with Gasteiger partial charge in [-0.05, 0) is 25.7 Å². The molecule has 0 saturated carbocycles. The highest BCUT2D eigenvalue weighted by atomic mass is 35.5. The van der Waals surface area contributed by atoms with Crippen molar-refractivity contribution in [2.75, 3.05) is 0 Å². The second kappa shape index (κ2) is 7.32. The molecule has 1 aromatic heterocycles. The Morgan fingerprint density at radius 3 is 2.42 bits per heavy atom. The second-order valence-corrected chi connectivity index (χ2v) is 6.09. The van der Waals surface area contributed by atoms with Crippen molar-refractivity contribution < 1.29 is 4.79 Å². The summed E-state index contributed by atoms with van der Waals surface area (Å²) in [5.41, 5.74) is 0.104. The first-order chi connectivity index (χ1) is 8.82. The summed E-state index contributed by atoms with van der Waals surface area (Å²) in [6.07, 6.45) is 3.27. The Morgan fingerprint density at radius 1 is 1.21 bits per heavy atom. The minimum Gasteiger partial charge on any atom is -0.348 e.